The van der Waals surface area contributed by atoms with Crippen LogP contribution in [-0.2, 0) is 16.1 Å². The second-order valence-electron chi connectivity index (χ2n) is 6.69. The number of imide groups is 1. The van der Waals surface area contributed by atoms with Crippen LogP contribution in [0.3, 0.4) is 0 Å². The van der Waals surface area contributed by atoms with Crippen LogP contribution in [0.4, 0.5) is 4.79 Å². The third-order valence-corrected chi connectivity index (χ3v) is 5.18. The minimum absolute atomic E-state index is 0.0276. The summed E-state index contributed by atoms with van der Waals surface area (Å²) >= 11 is 1.13. The van der Waals surface area contributed by atoms with E-state index in [1.54, 1.807) is 6.92 Å². The molecule has 0 radical (unpaired) electrons. The zero-order valence-corrected chi connectivity index (χ0v) is 18.2. The van der Waals surface area contributed by atoms with Crippen LogP contribution < -0.4 is 16.2 Å². The largest absolute Gasteiger partial charge is 0.465 e. The lowest BCUT2D eigenvalue weighted by Crippen LogP contribution is -2.39. The molecule has 10 nitrogen and oxygen atoms in total. The molecule has 2 heterocycles. The normalized spacial score (nSPS) is 10.6. The van der Waals surface area contributed by atoms with Crippen molar-refractivity contribution in [1.82, 2.24) is 25.6 Å². The Morgan fingerprint density at radius 1 is 1.16 bits per heavy atom. The van der Waals surface area contributed by atoms with Crippen LogP contribution in [0.2, 0.25) is 0 Å². The maximum absolute atomic E-state index is 12.5. The van der Waals surface area contributed by atoms with Gasteiger partial charge in [-0.2, -0.15) is 0 Å². The second kappa shape index (κ2) is 10.5. The summed E-state index contributed by atoms with van der Waals surface area (Å²) in [6.45, 7) is 1.98. The standard InChI is InChI=1S/C21H21N5O5S/c1-12-10-14(19(29)31-2)16-17(23-12)25-21(26-18(16)28)32-9-8-15(27)24-20(30)22-11-13-6-4-3-5-7-13/h3-7,10H,8-9,11H2,1-2H3,(H2,22,24,27,30)(H,23,25,26,28). The number of carbonyl (C=O) groups excluding carboxylic acids is 3. The molecule has 3 aromatic rings. The summed E-state index contributed by atoms with van der Waals surface area (Å²) in [6, 6.07) is 10.2. The van der Waals surface area contributed by atoms with E-state index in [0.29, 0.717) is 12.2 Å². The maximum Gasteiger partial charge on any atom is 0.338 e. The number of nitrogens with one attached hydrogen (secondary N) is 3. The number of methoxy groups -OCH3 is 1. The smallest absolute Gasteiger partial charge is 0.338 e. The van der Waals surface area contributed by atoms with Gasteiger partial charge in [-0.05, 0) is 18.6 Å². The Hall–Kier alpha value is -3.73. The highest BCUT2D eigenvalue weighted by atomic mass is 32.2. The number of benzene rings is 1. The van der Waals surface area contributed by atoms with E-state index in [1.807, 2.05) is 30.3 Å². The van der Waals surface area contributed by atoms with Gasteiger partial charge in [-0.1, -0.05) is 42.1 Å². The van der Waals surface area contributed by atoms with E-state index < -0.39 is 23.5 Å². The minimum atomic E-state index is -0.657. The lowest BCUT2D eigenvalue weighted by molar-refractivity contribution is -0.119. The molecule has 11 heteroatoms. The number of aryl methyl sites for hydroxylation is 1. The first-order valence-electron chi connectivity index (χ1n) is 9.61. The summed E-state index contributed by atoms with van der Waals surface area (Å²) in [6.07, 6.45) is 0.0276. The molecule has 0 aliphatic carbocycles. The molecule has 0 unspecified atom stereocenters. The lowest BCUT2D eigenvalue weighted by atomic mass is 10.1. The van der Waals surface area contributed by atoms with Crippen LogP contribution in [-0.4, -0.2) is 45.7 Å². The second-order valence-corrected chi connectivity index (χ2v) is 7.77. The van der Waals surface area contributed by atoms with Crippen molar-refractivity contribution in [3.05, 3.63) is 63.6 Å². The molecule has 3 rings (SSSR count). The average molecular weight is 455 g/mol. The van der Waals surface area contributed by atoms with Gasteiger partial charge < -0.3 is 15.0 Å². The number of ether oxygens (including phenoxy) is 1. The van der Waals surface area contributed by atoms with Gasteiger partial charge in [-0.25, -0.2) is 19.6 Å². The van der Waals surface area contributed by atoms with Crippen molar-refractivity contribution in [2.75, 3.05) is 12.9 Å². The third-order valence-electron chi connectivity index (χ3n) is 4.31. The molecule has 0 spiro atoms. The van der Waals surface area contributed by atoms with Gasteiger partial charge in [0.2, 0.25) is 5.91 Å². The Kier molecular flexibility index (Phi) is 7.55. The fourth-order valence-electron chi connectivity index (χ4n) is 2.84. The zero-order valence-electron chi connectivity index (χ0n) is 17.4. The first-order valence-corrected chi connectivity index (χ1v) is 10.6. The van der Waals surface area contributed by atoms with Gasteiger partial charge in [0.15, 0.2) is 10.8 Å². The van der Waals surface area contributed by atoms with Crippen molar-refractivity contribution in [3.8, 4) is 0 Å². The van der Waals surface area contributed by atoms with Crippen molar-refractivity contribution in [2.45, 2.75) is 25.0 Å². The van der Waals surface area contributed by atoms with Crippen LogP contribution in [0.1, 0.15) is 28.0 Å². The number of hydrogen-bond donors (Lipinski definition) is 3. The number of H-pyrrole nitrogens is 1. The molecule has 32 heavy (non-hydrogen) atoms. The monoisotopic (exact) mass is 455 g/mol. The summed E-state index contributed by atoms with van der Waals surface area (Å²) in [5.41, 5.74) is 1.08. The number of esters is 1. The molecule has 0 fully saturated rings. The number of carbonyl (C=O) groups is 3. The first-order chi connectivity index (χ1) is 15.4. The molecule has 2 aromatic heterocycles. The van der Waals surface area contributed by atoms with Crippen LogP contribution in [0.25, 0.3) is 11.0 Å². The number of aromatic nitrogens is 3. The number of rotatable bonds is 7. The van der Waals surface area contributed by atoms with Gasteiger partial charge in [0, 0.05) is 24.4 Å². The highest BCUT2D eigenvalue weighted by Gasteiger charge is 2.17. The predicted octanol–water partition coefficient (Wildman–Crippen LogP) is 1.92. The summed E-state index contributed by atoms with van der Waals surface area (Å²) in [7, 11) is 1.22. The number of fused-ring (bicyclic) bond motifs is 1. The number of nitrogens with zero attached hydrogens (tertiary/aromatic N) is 2. The molecule has 3 N–H and O–H groups in total. The molecule has 0 aliphatic heterocycles. The quantitative estimate of drug-likeness (QED) is 0.279. The Bertz CT molecular complexity index is 1210. The molecule has 0 saturated carbocycles. The molecule has 166 valence electrons. The number of pyridine rings is 1. The number of urea groups is 1. The van der Waals surface area contributed by atoms with Gasteiger partial charge in [-0.3, -0.25) is 14.9 Å². The van der Waals surface area contributed by atoms with Gasteiger partial charge in [0.05, 0.1) is 18.1 Å². The van der Waals surface area contributed by atoms with Gasteiger partial charge in [0.1, 0.15) is 0 Å². The Morgan fingerprint density at radius 2 is 1.91 bits per heavy atom. The van der Waals surface area contributed by atoms with Crippen LogP contribution in [0.15, 0.2) is 46.3 Å². The van der Waals surface area contributed by atoms with Crippen LogP contribution in [0, 0.1) is 6.92 Å². The lowest BCUT2D eigenvalue weighted by Gasteiger charge is -2.08. The molecule has 0 atom stereocenters. The third kappa shape index (κ3) is 5.91. The number of aromatic amines is 1. The summed E-state index contributed by atoms with van der Waals surface area (Å²) in [5.74, 6) is -0.856. The molecular weight excluding hydrogens is 434 g/mol. The first kappa shape index (κ1) is 22.9. The van der Waals surface area contributed by atoms with Crippen molar-refractivity contribution in [2.24, 2.45) is 0 Å². The molecule has 0 aliphatic rings. The SMILES string of the molecule is COC(=O)c1cc(C)nc2nc(SCCC(=O)NC(=O)NCc3ccccc3)[nH]c(=O)c12. The average Bonchev–Trinajstić information content (AvgIpc) is 2.77. The number of amides is 3. The van der Waals surface area contributed by atoms with Crippen molar-refractivity contribution in [3.63, 3.8) is 0 Å². The highest BCUT2D eigenvalue weighted by Crippen LogP contribution is 2.18. The molecule has 0 bridgehead atoms. The van der Waals surface area contributed by atoms with Gasteiger partial charge >= 0.3 is 12.0 Å². The fraction of sp³-hybridized carbons (Fsp3) is 0.238. The predicted molar refractivity (Wildman–Crippen MR) is 118 cm³/mol. The van der Waals surface area contributed by atoms with E-state index >= 15 is 0 Å². The van der Waals surface area contributed by atoms with E-state index in [-0.39, 0.29) is 33.9 Å². The van der Waals surface area contributed by atoms with Crippen LogP contribution in [0.5, 0.6) is 0 Å². The van der Waals surface area contributed by atoms with E-state index in [0.717, 1.165) is 17.3 Å². The Morgan fingerprint density at radius 3 is 2.62 bits per heavy atom. The summed E-state index contributed by atoms with van der Waals surface area (Å²) in [5, 5.41) is 5.15. The van der Waals surface area contributed by atoms with Gasteiger partial charge in [0.25, 0.3) is 5.56 Å². The van der Waals surface area contributed by atoms with Gasteiger partial charge in [-0.15, -0.1) is 0 Å². The minimum Gasteiger partial charge on any atom is -0.465 e. The van der Waals surface area contributed by atoms with E-state index in [4.69, 9.17) is 4.74 Å². The van der Waals surface area contributed by atoms with E-state index in [9.17, 15) is 19.2 Å². The summed E-state index contributed by atoms with van der Waals surface area (Å²) in [4.78, 5) is 59.4. The van der Waals surface area contributed by atoms with E-state index in [1.165, 1.54) is 13.2 Å². The fourth-order valence-corrected chi connectivity index (χ4v) is 3.63. The number of thioether (sulfide) groups is 1. The Balaban J connectivity index is 1.57. The molecule has 0 saturated heterocycles. The summed E-state index contributed by atoms with van der Waals surface area (Å²) < 4.78 is 4.72. The van der Waals surface area contributed by atoms with E-state index in [2.05, 4.69) is 25.6 Å². The molecular formula is C21H21N5O5S. The topological polar surface area (TPSA) is 143 Å². The zero-order chi connectivity index (χ0) is 23.1. The van der Waals surface area contributed by atoms with Crippen LogP contribution >= 0.6 is 11.8 Å². The Labute approximate surface area is 187 Å². The number of hydrogen-bond acceptors (Lipinski definition) is 8. The highest BCUT2D eigenvalue weighted by molar-refractivity contribution is 7.99. The molecule has 1 aromatic carbocycles. The van der Waals surface area contributed by atoms with Crippen molar-refractivity contribution in [1.29, 1.82) is 0 Å². The van der Waals surface area contributed by atoms with Crippen molar-refractivity contribution < 1.29 is 19.1 Å². The van der Waals surface area contributed by atoms with Crippen molar-refractivity contribution >= 4 is 40.7 Å². The molecule has 3 amide bonds. The maximum atomic E-state index is 12.5.